The number of carbonyl (C=O) groups excluding carboxylic acids is 1. The number of rotatable bonds is 11. The molecule has 0 saturated heterocycles. The third-order valence-electron chi connectivity index (χ3n) is 5.18. The number of aromatic amines is 1. The van der Waals surface area contributed by atoms with E-state index in [1.54, 1.807) is 5.48 Å². The van der Waals surface area contributed by atoms with Crippen LogP contribution in [0, 0.1) is 6.92 Å². The van der Waals surface area contributed by atoms with Crippen molar-refractivity contribution in [3.8, 4) is 11.1 Å². The van der Waals surface area contributed by atoms with Crippen molar-refractivity contribution in [2.45, 2.75) is 44.8 Å². The van der Waals surface area contributed by atoms with Crippen LogP contribution in [0.2, 0.25) is 0 Å². The quantitative estimate of drug-likeness (QED) is 0.204. The van der Waals surface area contributed by atoms with Gasteiger partial charge in [-0.05, 0) is 54.7 Å². The Morgan fingerprint density at radius 1 is 0.968 bits per heavy atom. The first-order valence-corrected chi connectivity index (χ1v) is 12.1. The Kier molecular flexibility index (Phi) is 7.84. The molecule has 3 aromatic rings. The van der Waals surface area contributed by atoms with E-state index in [9.17, 15) is 13.2 Å². The average molecular weight is 444 g/mol. The van der Waals surface area contributed by atoms with Crippen LogP contribution in [0.25, 0.3) is 22.0 Å². The van der Waals surface area contributed by atoms with Gasteiger partial charge in [-0.2, -0.15) is 0 Å². The van der Waals surface area contributed by atoms with Gasteiger partial charge in [0.15, 0.2) is 0 Å². The lowest BCUT2D eigenvalue weighted by molar-refractivity contribution is -0.129. The number of sulfonamides is 1. The molecule has 0 aliphatic rings. The summed E-state index contributed by atoms with van der Waals surface area (Å²) in [6.45, 7) is 2.41. The maximum absolute atomic E-state index is 12.3. The fraction of sp³-hybridized carbons (Fsp3) is 0.348. The second-order valence-corrected chi connectivity index (χ2v) is 9.61. The van der Waals surface area contributed by atoms with Gasteiger partial charge in [0.1, 0.15) is 0 Å². The number of carbonyl (C=O) groups is 1. The molecule has 1 amide bonds. The summed E-state index contributed by atoms with van der Waals surface area (Å²) in [7, 11) is -3.40. The average Bonchev–Trinajstić information content (AvgIpc) is 3.12. The van der Waals surface area contributed by atoms with Gasteiger partial charge in [-0.3, -0.25) is 10.0 Å². The zero-order valence-corrected chi connectivity index (χ0v) is 18.5. The predicted molar refractivity (Wildman–Crippen MR) is 122 cm³/mol. The number of hydroxylamine groups is 1. The third-order valence-corrected chi connectivity index (χ3v) is 6.53. The highest BCUT2D eigenvalue weighted by molar-refractivity contribution is 7.88. The molecule has 0 radical (unpaired) electrons. The van der Waals surface area contributed by atoms with Gasteiger partial charge in [0.25, 0.3) is 0 Å². The van der Waals surface area contributed by atoms with Gasteiger partial charge in [-0.1, -0.05) is 43.2 Å². The number of amides is 1. The smallest absolute Gasteiger partial charge is 0.243 e. The summed E-state index contributed by atoms with van der Waals surface area (Å²) in [5.41, 5.74) is 6.70. The number of fused-ring (bicyclic) bond motifs is 1. The molecule has 7 nitrogen and oxygen atoms in total. The van der Waals surface area contributed by atoms with E-state index in [2.05, 4.69) is 34.0 Å². The van der Waals surface area contributed by atoms with Crippen LogP contribution in [0.5, 0.6) is 0 Å². The monoisotopic (exact) mass is 443 g/mol. The molecular formula is C23H29N3O4S. The van der Waals surface area contributed by atoms with Crippen molar-refractivity contribution in [3.05, 3.63) is 59.8 Å². The van der Waals surface area contributed by atoms with Crippen LogP contribution in [0.1, 0.15) is 43.4 Å². The number of aromatic nitrogens is 1. The molecule has 3 rings (SSSR count). The van der Waals surface area contributed by atoms with Crippen LogP contribution in [0.15, 0.2) is 48.5 Å². The minimum absolute atomic E-state index is 0.0556. The Labute approximate surface area is 182 Å². The second-order valence-electron chi connectivity index (χ2n) is 7.80. The van der Waals surface area contributed by atoms with E-state index in [1.165, 1.54) is 0 Å². The van der Waals surface area contributed by atoms with Crippen LogP contribution in [0.3, 0.4) is 0 Å². The van der Waals surface area contributed by atoms with E-state index >= 15 is 0 Å². The second kappa shape index (κ2) is 10.6. The van der Waals surface area contributed by atoms with Crippen LogP contribution in [-0.4, -0.2) is 31.1 Å². The number of hydrogen-bond donors (Lipinski definition) is 4. The Morgan fingerprint density at radius 3 is 2.42 bits per heavy atom. The summed E-state index contributed by atoms with van der Waals surface area (Å²) in [5.74, 6) is -0.452. The van der Waals surface area contributed by atoms with Gasteiger partial charge < -0.3 is 4.98 Å². The standard InChI is InChI=1S/C23H29N3O4S/c1-17-14-21-15-20(11-12-22(21)25-17)19-9-7-18(8-10-19)16-31(29,30)24-13-5-3-2-4-6-23(27)26-28/h7-12,14-15,24-25,28H,2-6,13,16H2,1H3,(H,26,27). The fourth-order valence-corrected chi connectivity index (χ4v) is 4.76. The molecule has 0 fully saturated rings. The molecule has 1 heterocycles. The fourth-order valence-electron chi connectivity index (χ4n) is 3.57. The lowest BCUT2D eigenvalue weighted by Gasteiger charge is -2.08. The van der Waals surface area contributed by atoms with Crippen LogP contribution in [-0.2, 0) is 20.6 Å². The minimum atomic E-state index is -3.40. The van der Waals surface area contributed by atoms with Crippen molar-refractivity contribution < 1.29 is 18.4 Å². The van der Waals surface area contributed by atoms with Gasteiger partial charge >= 0.3 is 0 Å². The van der Waals surface area contributed by atoms with Crippen molar-refractivity contribution in [3.63, 3.8) is 0 Å². The predicted octanol–water partition coefficient (Wildman–Crippen LogP) is 4.02. The number of aryl methyl sites for hydroxylation is 1. The molecule has 0 unspecified atom stereocenters. The van der Waals surface area contributed by atoms with Crippen LogP contribution < -0.4 is 10.2 Å². The van der Waals surface area contributed by atoms with Crippen molar-refractivity contribution >= 4 is 26.8 Å². The molecule has 31 heavy (non-hydrogen) atoms. The highest BCUT2D eigenvalue weighted by atomic mass is 32.2. The largest absolute Gasteiger partial charge is 0.359 e. The molecule has 0 atom stereocenters. The molecule has 0 aliphatic carbocycles. The summed E-state index contributed by atoms with van der Waals surface area (Å²) in [6.07, 6.45) is 3.28. The van der Waals surface area contributed by atoms with Crippen LogP contribution in [0.4, 0.5) is 0 Å². The summed E-state index contributed by atoms with van der Waals surface area (Å²) >= 11 is 0. The van der Waals surface area contributed by atoms with Crippen molar-refractivity contribution in [1.29, 1.82) is 0 Å². The maximum Gasteiger partial charge on any atom is 0.243 e. The maximum atomic E-state index is 12.3. The number of H-pyrrole nitrogens is 1. The number of unbranched alkanes of at least 4 members (excludes halogenated alkanes) is 3. The minimum Gasteiger partial charge on any atom is -0.359 e. The summed E-state index contributed by atoms with van der Waals surface area (Å²) in [5, 5.41) is 9.58. The topological polar surface area (TPSA) is 111 Å². The molecule has 0 spiro atoms. The Morgan fingerprint density at radius 2 is 1.68 bits per heavy atom. The van der Waals surface area contributed by atoms with Gasteiger partial charge in [-0.15, -0.1) is 0 Å². The Balaban J connectivity index is 1.47. The highest BCUT2D eigenvalue weighted by Crippen LogP contribution is 2.25. The molecule has 166 valence electrons. The normalized spacial score (nSPS) is 11.7. The molecule has 0 aliphatic heterocycles. The molecule has 1 aromatic heterocycles. The molecular weight excluding hydrogens is 414 g/mol. The summed E-state index contributed by atoms with van der Waals surface area (Å²) in [4.78, 5) is 14.2. The molecule has 0 saturated carbocycles. The van der Waals surface area contributed by atoms with Gasteiger partial charge in [0.05, 0.1) is 5.75 Å². The lowest BCUT2D eigenvalue weighted by atomic mass is 10.0. The Hall–Kier alpha value is -2.68. The molecule has 0 bridgehead atoms. The zero-order valence-electron chi connectivity index (χ0n) is 17.6. The summed E-state index contributed by atoms with van der Waals surface area (Å²) < 4.78 is 27.3. The highest BCUT2D eigenvalue weighted by Gasteiger charge is 2.11. The van der Waals surface area contributed by atoms with Gasteiger partial charge in [0.2, 0.25) is 15.9 Å². The third kappa shape index (κ3) is 6.92. The Bertz CT molecular complexity index is 1120. The zero-order chi connectivity index (χ0) is 22.3. The summed E-state index contributed by atoms with van der Waals surface area (Å²) in [6, 6.07) is 16.0. The van der Waals surface area contributed by atoms with Gasteiger partial charge in [-0.25, -0.2) is 18.6 Å². The van der Waals surface area contributed by atoms with E-state index in [4.69, 9.17) is 5.21 Å². The number of benzene rings is 2. The van der Waals surface area contributed by atoms with Gasteiger partial charge in [0, 0.05) is 29.6 Å². The lowest BCUT2D eigenvalue weighted by Crippen LogP contribution is -2.26. The van der Waals surface area contributed by atoms with E-state index in [0.29, 0.717) is 19.4 Å². The SMILES string of the molecule is Cc1cc2cc(-c3ccc(CS(=O)(=O)NCCCCCCC(=O)NO)cc3)ccc2[nH]1. The van der Waals surface area contributed by atoms with Crippen molar-refractivity contribution in [2.24, 2.45) is 0 Å². The molecule has 4 N–H and O–H groups in total. The van der Waals surface area contributed by atoms with E-state index < -0.39 is 15.9 Å². The van der Waals surface area contributed by atoms with E-state index in [0.717, 1.165) is 46.1 Å². The van der Waals surface area contributed by atoms with E-state index in [-0.39, 0.29) is 12.2 Å². The first-order chi connectivity index (χ1) is 14.9. The van der Waals surface area contributed by atoms with Crippen molar-refractivity contribution in [2.75, 3.05) is 6.54 Å². The molecule has 8 heteroatoms. The number of nitrogens with one attached hydrogen (secondary N) is 3. The first kappa shape index (κ1) is 23.0. The number of hydrogen-bond acceptors (Lipinski definition) is 4. The first-order valence-electron chi connectivity index (χ1n) is 10.5. The molecule has 2 aromatic carbocycles. The van der Waals surface area contributed by atoms with Crippen LogP contribution >= 0.6 is 0 Å². The van der Waals surface area contributed by atoms with E-state index in [1.807, 2.05) is 31.2 Å². The van der Waals surface area contributed by atoms with Crippen molar-refractivity contribution in [1.82, 2.24) is 15.2 Å².